The Balaban J connectivity index is 2.80. The zero-order valence-electron chi connectivity index (χ0n) is 8.23. The van der Waals surface area contributed by atoms with Gasteiger partial charge in [0, 0.05) is 11.6 Å². The maximum absolute atomic E-state index is 10.5. The Bertz CT molecular complexity index is 356. The van der Waals surface area contributed by atoms with Crippen molar-refractivity contribution in [1.82, 2.24) is 10.2 Å². The van der Waals surface area contributed by atoms with E-state index in [1.165, 1.54) is 0 Å². The van der Waals surface area contributed by atoms with E-state index in [0.717, 1.165) is 5.69 Å². The van der Waals surface area contributed by atoms with Gasteiger partial charge in [0.15, 0.2) is 0 Å². The summed E-state index contributed by atoms with van der Waals surface area (Å²) in [7, 11) is 0. The summed E-state index contributed by atoms with van der Waals surface area (Å²) >= 11 is 0. The number of hydrogen-bond acceptors (Lipinski definition) is 3. The fourth-order valence-electron chi connectivity index (χ4n) is 1.35. The van der Waals surface area contributed by atoms with E-state index in [0.29, 0.717) is 5.69 Å². The summed E-state index contributed by atoms with van der Waals surface area (Å²) < 4.78 is 0. The number of nitrogens with one attached hydrogen (secondary N) is 1. The van der Waals surface area contributed by atoms with Crippen molar-refractivity contribution in [2.75, 3.05) is 0 Å². The summed E-state index contributed by atoms with van der Waals surface area (Å²) in [4.78, 5) is 21.1. The molecule has 0 aromatic carbocycles. The van der Waals surface area contributed by atoms with Gasteiger partial charge in [-0.1, -0.05) is 0 Å². The second kappa shape index (κ2) is 4.59. The highest BCUT2D eigenvalue weighted by atomic mass is 16.4. The van der Waals surface area contributed by atoms with Gasteiger partial charge in [-0.25, -0.2) is 0 Å². The lowest BCUT2D eigenvalue weighted by atomic mass is 9.97. The number of nitrogens with zero attached hydrogens (tertiary/aromatic N) is 1. The summed E-state index contributed by atoms with van der Waals surface area (Å²) in [6, 6.07) is 1.66. The number of aromatic nitrogens is 2. The number of rotatable bonds is 5. The lowest BCUT2D eigenvalue weighted by molar-refractivity contribution is -0.139. The number of aromatic amines is 1. The molecule has 6 heteroatoms. The standard InChI is InChI=1S/C9H12N2O4/c1-5-2-7(11-10-5)6(3-8(12)13)4-9(14)15/h2,6H,3-4H2,1H3,(H,10,11)(H,12,13)(H,14,15). The van der Waals surface area contributed by atoms with Crippen molar-refractivity contribution < 1.29 is 19.8 Å². The van der Waals surface area contributed by atoms with E-state index < -0.39 is 17.9 Å². The van der Waals surface area contributed by atoms with E-state index in [1.807, 2.05) is 0 Å². The van der Waals surface area contributed by atoms with Crippen molar-refractivity contribution in [2.45, 2.75) is 25.7 Å². The smallest absolute Gasteiger partial charge is 0.304 e. The van der Waals surface area contributed by atoms with Gasteiger partial charge in [-0.05, 0) is 13.0 Å². The Morgan fingerprint density at radius 3 is 2.27 bits per heavy atom. The zero-order valence-corrected chi connectivity index (χ0v) is 8.23. The van der Waals surface area contributed by atoms with Gasteiger partial charge in [0.25, 0.3) is 0 Å². The number of carboxylic acid groups (broad SMARTS) is 2. The van der Waals surface area contributed by atoms with Gasteiger partial charge in [-0.2, -0.15) is 5.10 Å². The van der Waals surface area contributed by atoms with Crippen molar-refractivity contribution in [3.05, 3.63) is 17.5 Å². The molecule has 0 aliphatic rings. The molecule has 0 bridgehead atoms. The summed E-state index contributed by atoms with van der Waals surface area (Å²) in [5.41, 5.74) is 1.27. The number of H-pyrrole nitrogens is 1. The number of carboxylic acids is 2. The van der Waals surface area contributed by atoms with Crippen LogP contribution in [-0.2, 0) is 9.59 Å². The van der Waals surface area contributed by atoms with Crippen LogP contribution in [-0.4, -0.2) is 32.3 Å². The molecule has 1 rings (SSSR count). The molecule has 0 unspecified atom stereocenters. The van der Waals surface area contributed by atoms with Gasteiger partial charge >= 0.3 is 11.9 Å². The monoisotopic (exact) mass is 212 g/mol. The van der Waals surface area contributed by atoms with Crippen LogP contribution in [0.25, 0.3) is 0 Å². The van der Waals surface area contributed by atoms with Crippen LogP contribution in [0.2, 0.25) is 0 Å². The summed E-state index contributed by atoms with van der Waals surface area (Å²) in [6.07, 6.45) is -0.451. The molecule has 15 heavy (non-hydrogen) atoms. The highest BCUT2D eigenvalue weighted by molar-refractivity contribution is 5.72. The van der Waals surface area contributed by atoms with Crippen LogP contribution in [0.15, 0.2) is 6.07 Å². The first-order chi connectivity index (χ1) is 6.99. The van der Waals surface area contributed by atoms with E-state index in [4.69, 9.17) is 10.2 Å². The Hall–Kier alpha value is -1.85. The number of aryl methyl sites for hydroxylation is 1. The molecule has 0 aliphatic heterocycles. The van der Waals surface area contributed by atoms with Crippen LogP contribution >= 0.6 is 0 Å². The summed E-state index contributed by atoms with van der Waals surface area (Å²) in [5, 5.41) is 23.8. The third kappa shape index (κ3) is 3.41. The Labute approximate surface area is 85.9 Å². The van der Waals surface area contributed by atoms with Crippen molar-refractivity contribution in [3.8, 4) is 0 Å². The first-order valence-electron chi connectivity index (χ1n) is 4.44. The summed E-state index contributed by atoms with van der Waals surface area (Å²) in [5.74, 6) is -2.63. The van der Waals surface area contributed by atoms with Crippen LogP contribution in [0.4, 0.5) is 0 Å². The van der Waals surface area contributed by atoms with Gasteiger partial charge in [0.1, 0.15) is 0 Å². The predicted molar refractivity (Wildman–Crippen MR) is 50.6 cm³/mol. The molecule has 1 aromatic heterocycles. The van der Waals surface area contributed by atoms with Crippen LogP contribution < -0.4 is 0 Å². The maximum atomic E-state index is 10.5. The van der Waals surface area contributed by atoms with Gasteiger partial charge in [-0.3, -0.25) is 14.7 Å². The SMILES string of the molecule is Cc1cc(C(CC(=O)O)CC(=O)O)n[nH]1. The largest absolute Gasteiger partial charge is 0.481 e. The minimum Gasteiger partial charge on any atom is -0.481 e. The molecule has 0 saturated carbocycles. The lowest BCUT2D eigenvalue weighted by Crippen LogP contribution is -2.11. The molecule has 1 aromatic rings. The Kier molecular flexibility index (Phi) is 3.43. The van der Waals surface area contributed by atoms with Crippen LogP contribution in [0.3, 0.4) is 0 Å². The minimum absolute atomic E-state index is 0.226. The predicted octanol–water partition coefficient (Wildman–Crippen LogP) is 0.751. The molecule has 0 aliphatic carbocycles. The fraction of sp³-hybridized carbons (Fsp3) is 0.444. The zero-order chi connectivity index (χ0) is 11.4. The average molecular weight is 212 g/mol. The molecule has 0 spiro atoms. The van der Waals surface area contributed by atoms with E-state index >= 15 is 0 Å². The third-order valence-electron chi connectivity index (χ3n) is 1.99. The molecular weight excluding hydrogens is 200 g/mol. The van der Waals surface area contributed by atoms with Crippen molar-refractivity contribution in [2.24, 2.45) is 0 Å². The van der Waals surface area contributed by atoms with E-state index in [-0.39, 0.29) is 12.8 Å². The molecule has 3 N–H and O–H groups in total. The highest BCUT2D eigenvalue weighted by Gasteiger charge is 2.21. The van der Waals surface area contributed by atoms with Crippen molar-refractivity contribution >= 4 is 11.9 Å². The molecule has 6 nitrogen and oxygen atoms in total. The number of hydrogen-bond donors (Lipinski definition) is 3. The van der Waals surface area contributed by atoms with Crippen LogP contribution in [0.5, 0.6) is 0 Å². The first-order valence-corrected chi connectivity index (χ1v) is 4.44. The average Bonchev–Trinajstić information content (AvgIpc) is 2.48. The molecule has 0 atom stereocenters. The molecule has 0 fully saturated rings. The van der Waals surface area contributed by atoms with Gasteiger partial charge in [0.05, 0.1) is 18.5 Å². The first kappa shape index (κ1) is 11.2. The maximum Gasteiger partial charge on any atom is 0.304 e. The number of carbonyl (C=O) groups is 2. The third-order valence-corrected chi connectivity index (χ3v) is 1.99. The van der Waals surface area contributed by atoms with Crippen LogP contribution in [0.1, 0.15) is 30.1 Å². The van der Waals surface area contributed by atoms with Gasteiger partial charge < -0.3 is 10.2 Å². The fourth-order valence-corrected chi connectivity index (χ4v) is 1.35. The van der Waals surface area contributed by atoms with Crippen molar-refractivity contribution in [3.63, 3.8) is 0 Å². The minimum atomic E-state index is -1.03. The van der Waals surface area contributed by atoms with Gasteiger partial charge in [0.2, 0.25) is 0 Å². The normalized spacial score (nSPS) is 10.5. The molecule has 0 radical (unpaired) electrons. The highest BCUT2D eigenvalue weighted by Crippen LogP contribution is 2.22. The Morgan fingerprint density at radius 2 is 1.93 bits per heavy atom. The van der Waals surface area contributed by atoms with E-state index in [2.05, 4.69) is 10.2 Å². The quantitative estimate of drug-likeness (QED) is 0.668. The van der Waals surface area contributed by atoms with E-state index in [9.17, 15) is 9.59 Å². The molecule has 1 heterocycles. The second-order valence-electron chi connectivity index (χ2n) is 3.37. The molecule has 0 amide bonds. The Morgan fingerprint density at radius 1 is 1.40 bits per heavy atom. The summed E-state index contributed by atoms with van der Waals surface area (Å²) in [6.45, 7) is 1.77. The molecular formula is C9H12N2O4. The van der Waals surface area contributed by atoms with E-state index in [1.54, 1.807) is 13.0 Å². The molecule has 0 saturated heterocycles. The second-order valence-corrected chi connectivity index (χ2v) is 3.37. The lowest BCUT2D eigenvalue weighted by Gasteiger charge is -2.08. The van der Waals surface area contributed by atoms with Crippen molar-refractivity contribution in [1.29, 1.82) is 0 Å². The van der Waals surface area contributed by atoms with Gasteiger partial charge in [-0.15, -0.1) is 0 Å². The van der Waals surface area contributed by atoms with Crippen LogP contribution in [0, 0.1) is 6.92 Å². The number of aliphatic carboxylic acids is 2. The topological polar surface area (TPSA) is 103 Å². The molecule has 82 valence electrons.